The second-order valence-corrected chi connectivity index (χ2v) is 5.22. The molecule has 2 aliphatic heterocycles. The number of carbonyl (C=O) groups excluding carboxylic acids is 1. The molecular weight excluding hydrogens is 277 g/mol. The maximum atomic E-state index is 11.1. The molecule has 1 saturated heterocycles. The molecule has 2 heterocycles. The van der Waals surface area contributed by atoms with Gasteiger partial charge >= 0.3 is 24.8 Å². The van der Waals surface area contributed by atoms with E-state index in [0.29, 0.717) is 5.75 Å². The summed E-state index contributed by atoms with van der Waals surface area (Å²) in [5, 5.41) is 0. The number of esters is 1. The fraction of sp³-hybridized carbons (Fsp3) is 0.438. The van der Waals surface area contributed by atoms with Gasteiger partial charge in [-0.2, -0.15) is 0 Å². The molecule has 0 aromatic heterocycles. The van der Waals surface area contributed by atoms with Crippen molar-refractivity contribution < 1.29 is 39.3 Å². The third-order valence-electron chi connectivity index (χ3n) is 3.72. The first-order valence-corrected chi connectivity index (χ1v) is 7.17. The van der Waals surface area contributed by atoms with Gasteiger partial charge in [-0.1, -0.05) is 6.07 Å². The number of ether oxygens (including phenoxy) is 3. The topological polar surface area (TPSA) is 48.0 Å². The van der Waals surface area contributed by atoms with Gasteiger partial charge < -0.3 is 20.5 Å². The van der Waals surface area contributed by atoms with Crippen LogP contribution in [0, 0.1) is 6.92 Å². The molecule has 0 saturated carbocycles. The molecule has 1 aromatic carbocycles. The van der Waals surface area contributed by atoms with Crippen LogP contribution in [0.4, 0.5) is 0 Å². The van der Waals surface area contributed by atoms with E-state index in [9.17, 15) is 4.79 Å². The Hall–Kier alpha value is -1.41. The molecule has 114 valence electrons. The van der Waals surface area contributed by atoms with Crippen LogP contribution < -0.4 is 28.3 Å². The van der Waals surface area contributed by atoms with Crippen LogP contribution in [0.3, 0.4) is 0 Å². The predicted molar refractivity (Wildman–Crippen MR) is 78.4 cm³/mol. The van der Waals surface area contributed by atoms with Crippen LogP contribution in [-0.4, -0.2) is 37.2 Å². The van der Waals surface area contributed by atoms with Gasteiger partial charge in [0.05, 0.1) is 13.2 Å². The Kier molecular flexibility index (Phi) is 5.57. The number of carbonyl (C=O) groups is 1. The Morgan fingerprint density at radius 2 is 2.05 bits per heavy atom. The summed E-state index contributed by atoms with van der Waals surface area (Å²) in [7, 11) is 0. The van der Waals surface area contributed by atoms with Crippen LogP contribution >= 0.6 is 0 Å². The molecular formula is C16H20LiNO4. The number of hydrogen-bond donors (Lipinski definition) is 0. The fourth-order valence-corrected chi connectivity index (χ4v) is 2.62. The van der Waals surface area contributed by atoms with E-state index in [1.165, 1.54) is 6.92 Å². The summed E-state index contributed by atoms with van der Waals surface area (Å²) in [4.78, 5) is 13.3. The SMILES string of the molecule is CC(=O)Oc1ccc2c(c1C)OC(N1CCOCC1)=CC2.[H-].[Li+]. The van der Waals surface area contributed by atoms with Crippen LogP contribution in [0.15, 0.2) is 24.1 Å². The van der Waals surface area contributed by atoms with E-state index in [4.69, 9.17) is 14.2 Å². The minimum atomic E-state index is -0.321. The number of hydrogen-bond acceptors (Lipinski definition) is 5. The maximum Gasteiger partial charge on any atom is 1.00 e. The second-order valence-electron chi connectivity index (χ2n) is 5.22. The first-order valence-electron chi connectivity index (χ1n) is 7.17. The van der Waals surface area contributed by atoms with E-state index in [1.807, 2.05) is 19.1 Å². The zero-order valence-electron chi connectivity index (χ0n) is 14.3. The molecule has 6 heteroatoms. The maximum absolute atomic E-state index is 11.1. The van der Waals surface area contributed by atoms with E-state index in [1.54, 1.807) is 0 Å². The van der Waals surface area contributed by atoms with Gasteiger partial charge in [-0.05, 0) is 31.1 Å². The van der Waals surface area contributed by atoms with E-state index in [0.717, 1.165) is 55.5 Å². The third kappa shape index (κ3) is 3.49. The van der Waals surface area contributed by atoms with Crippen LogP contribution in [0.1, 0.15) is 19.5 Å². The minimum Gasteiger partial charge on any atom is -1.00 e. The number of rotatable bonds is 2. The van der Waals surface area contributed by atoms with Crippen molar-refractivity contribution in [1.82, 2.24) is 4.90 Å². The number of fused-ring (bicyclic) bond motifs is 1. The Balaban J connectivity index is 0.00000132. The van der Waals surface area contributed by atoms with Crippen LogP contribution in [0.5, 0.6) is 11.5 Å². The van der Waals surface area contributed by atoms with Gasteiger partial charge in [0, 0.05) is 25.6 Å². The molecule has 3 rings (SSSR count). The average molecular weight is 297 g/mol. The number of morpholine rings is 1. The second kappa shape index (κ2) is 7.23. The smallest absolute Gasteiger partial charge is 1.00 e. The summed E-state index contributed by atoms with van der Waals surface area (Å²) in [5.41, 5.74) is 1.97. The molecule has 0 amide bonds. The van der Waals surface area contributed by atoms with E-state index < -0.39 is 0 Å². The third-order valence-corrected chi connectivity index (χ3v) is 3.72. The zero-order chi connectivity index (χ0) is 14.8. The van der Waals surface area contributed by atoms with Crippen LogP contribution in [0.2, 0.25) is 0 Å². The molecule has 0 radical (unpaired) electrons. The van der Waals surface area contributed by atoms with Gasteiger partial charge in [-0.3, -0.25) is 4.79 Å². The first-order chi connectivity index (χ1) is 10.1. The molecule has 0 spiro atoms. The quantitative estimate of drug-likeness (QED) is 0.404. The van der Waals surface area contributed by atoms with Gasteiger partial charge in [0.15, 0.2) is 5.88 Å². The summed E-state index contributed by atoms with van der Waals surface area (Å²) >= 11 is 0. The summed E-state index contributed by atoms with van der Waals surface area (Å²) in [6, 6.07) is 3.78. The van der Waals surface area contributed by atoms with Crippen LogP contribution in [-0.2, 0) is 16.0 Å². The molecule has 22 heavy (non-hydrogen) atoms. The van der Waals surface area contributed by atoms with Gasteiger partial charge in [0.2, 0.25) is 0 Å². The molecule has 0 aliphatic carbocycles. The molecule has 1 fully saturated rings. The largest absolute Gasteiger partial charge is 1.00 e. The number of allylic oxidation sites excluding steroid dienone is 1. The van der Waals surface area contributed by atoms with Crippen molar-refractivity contribution in [2.24, 2.45) is 0 Å². The molecule has 0 atom stereocenters. The molecule has 1 aromatic rings. The summed E-state index contributed by atoms with van der Waals surface area (Å²) in [5.74, 6) is 1.91. The minimum absolute atomic E-state index is 0. The summed E-state index contributed by atoms with van der Waals surface area (Å²) in [6.45, 7) is 6.44. The Labute approximate surface area is 143 Å². The van der Waals surface area contributed by atoms with Gasteiger partial charge in [-0.15, -0.1) is 0 Å². The standard InChI is InChI=1S/C16H19NO4.Li.H/c1-11-14(20-12(2)18)5-3-13-4-6-15(21-16(11)13)17-7-9-19-10-8-17;;/h3,5-6H,4,7-10H2,1-2H3;;/q;+1;-1. The zero-order valence-corrected chi connectivity index (χ0v) is 13.3. The monoisotopic (exact) mass is 297 g/mol. The fourth-order valence-electron chi connectivity index (χ4n) is 2.62. The Morgan fingerprint density at radius 3 is 2.73 bits per heavy atom. The van der Waals surface area contributed by atoms with Crippen molar-refractivity contribution >= 4 is 5.97 Å². The summed E-state index contributed by atoms with van der Waals surface area (Å²) < 4.78 is 16.6. The molecule has 0 bridgehead atoms. The van der Waals surface area contributed by atoms with Crippen molar-refractivity contribution in [1.29, 1.82) is 0 Å². The molecule has 5 nitrogen and oxygen atoms in total. The van der Waals surface area contributed by atoms with Crippen molar-refractivity contribution in [3.63, 3.8) is 0 Å². The van der Waals surface area contributed by atoms with Crippen molar-refractivity contribution in [2.45, 2.75) is 20.3 Å². The van der Waals surface area contributed by atoms with Crippen molar-refractivity contribution in [3.8, 4) is 11.5 Å². The summed E-state index contributed by atoms with van der Waals surface area (Å²) in [6.07, 6.45) is 2.92. The van der Waals surface area contributed by atoms with Crippen molar-refractivity contribution in [2.75, 3.05) is 26.3 Å². The van der Waals surface area contributed by atoms with E-state index in [2.05, 4.69) is 11.0 Å². The number of benzene rings is 1. The van der Waals surface area contributed by atoms with Gasteiger partial charge in [0.1, 0.15) is 11.5 Å². The van der Waals surface area contributed by atoms with Gasteiger partial charge in [0.25, 0.3) is 0 Å². The predicted octanol–water partition coefficient (Wildman–Crippen LogP) is -0.855. The van der Waals surface area contributed by atoms with E-state index >= 15 is 0 Å². The normalized spacial score (nSPS) is 16.8. The number of nitrogens with zero attached hydrogens (tertiary/aromatic N) is 1. The molecule has 2 aliphatic rings. The average Bonchev–Trinajstić information content (AvgIpc) is 2.50. The Morgan fingerprint density at radius 1 is 1.32 bits per heavy atom. The van der Waals surface area contributed by atoms with E-state index in [-0.39, 0.29) is 26.3 Å². The van der Waals surface area contributed by atoms with Gasteiger partial charge in [-0.25, -0.2) is 0 Å². The first kappa shape index (κ1) is 16.9. The van der Waals surface area contributed by atoms with Crippen LogP contribution in [0.25, 0.3) is 0 Å². The molecule has 0 unspecified atom stereocenters. The Bertz CT molecular complexity index is 600. The molecule has 0 N–H and O–H groups in total. The van der Waals surface area contributed by atoms with Crippen molar-refractivity contribution in [3.05, 3.63) is 35.2 Å².